The number of rotatable bonds is 7. The van der Waals surface area contributed by atoms with Crippen molar-refractivity contribution in [2.45, 2.75) is 9.79 Å². The Labute approximate surface area is 213 Å². The molecule has 0 unspecified atom stereocenters. The number of carboxylic acid groups (broad SMARTS) is 1. The lowest BCUT2D eigenvalue weighted by Crippen LogP contribution is -2.21. The van der Waals surface area contributed by atoms with Crippen LogP contribution in [0, 0.1) is 0 Å². The Morgan fingerprint density at radius 3 is 1.89 bits per heavy atom. The summed E-state index contributed by atoms with van der Waals surface area (Å²) in [5.74, 6) is -2.06. The van der Waals surface area contributed by atoms with Crippen molar-refractivity contribution in [1.29, 1.82) is 0 Å². The van der Waals surface area contributed by atoms with Crippen LogP contribution in [-0.2, 0) is 25.0 Å². The zero-order valence-corrected chi connectivity index (χ0v) is 20.4. The number of amides is 1. The lowest BCUT2D eigenvalue weighted by molar-refractivity contribution is -0.114. The summed E-state index contributed by atoms with van der Waals surface area (Å²) in [6, 6.07) is 9.16. The fourth-order valence-corrected chi connectivity index (χ4v) is 4.33. The number of benzene rings is 2. The van der Waals surface area contributed by atoms with Crippen LogP contribution in [0.25, 0.3) is 11.8 Å². The molecular weight excluding hydrogens is 544 g/mol. The molecule has 0 fully saturated rings. The monoisotopic (exact) mass is 560 g/mol. The van der Waals surface area contributed by atoms with E-state index in [1.54, 1.807) is 0 Å². The normalized spacial score (nSPS) is 15.2. The highest BCUT2D eigenvalue weighted by atomic mass is 32.2. The highest BCUT2D eigenvalue weighted by Crippen LogP contribution is 2.23. The lowest BCUT2D eigenvalue weighted by atomic mass is 10.2. The molecule has 1 aliphatic heterocycles. The summed E-state index contributed by atoms with van der Waals surface area (Å²) in [5.41, 5.74) is -1.16. The second-order valence-electron chi connectivity index (χ2n) is 7.63. The highest BCUT2D eigenvalue weighted by Gasteiger charge is 2.24. The van der Waals surface area contributed by atoms with Crippen LogP contribution >= 0.6 is 0 Å². The number of carbonyl (C=O) groups is 2. The standard InChI is InChI=1S/C22H16N4O10S2/c27-20-13(12-23-25(20)14-4-8-16(9-5-14)37(31,32)33)2-1-3-18-19(22(29)30)24-26(21(18)28)15-6-10-17(11-7-15)38(34,35)36/h1-12,24H,(H,29,30)(H,31,32,33)(H,34,35,36)/b3-1?,13-2-. The number of hydrazone groups is 1. The third-order valence-corrected chi connectivity index (χ3v) is 6.94. The Morgan fingerprint density at radius 1 is 0.868 bits per heavy atom. The summed E-state index contributed by atoms with van der Waals surface area (Å²) >= 11 is 0. The summed E-state index contributed by atoms with van der Waals surface area (Å²) < 4.78 is 63.8. The second kappa shape index (κ2) is 9.67. The SMILES string of the molecule is O=C(O)c1[nH]n(-c2ccc(S(=O)(=O)O)cc2)c(=O)c1C=C/C=C1/C=NN(c2ccc(S(=O)(=O)O)cc2)C1=O. The molecular formula is C22H16N4O10S2. The molecule has 4 rings (SSSR count). The fraction of sp³-hybridized carbons (Fsp3) is 0. The molecule has 0 aliphatic carbocycles. The number of aromatic nitrogens is 2. The van der Waals surface area contributed by atoms with E-state index in [4.69, 9.17) is 9.11 Å². The Kier molecular flexibility index (Phi) is 6.73. The maximum absolute atomic E-state index is 12.9. The van der Waals surface area contributed by atoms with Crippen molar-refractivity contribution in [3.05, 3.63) is 87.9 Å². The molecule has 0 saturated heterocycles. The highest BCUT2D eigenvalue weighted by molar-refractivity contribution is 7.86. The predicted molar refractivity (Wildman–Crippen MR) is 133 cm³/mol. The molecule has 0 saturated carbocycles. The summed E-state index contributed by atoms with van der Waals surface area (Å²) in [7, 11) is -8.88. The molecule has 0 atom stereocenters. The van der Waals surface area contributed by atoms with Gasteiger partial charge in [-0.1, -0.05) is 6.08 Å². The summed E-state index contributed by atoms with van der Waals surface area (Å²) in [6.07, 6.45) is 4.89. The molecule has 16 heteroatoms. The first-order chi connectivity index (χ1) is 17.8. The van der Waals surface area contributed by atoms with Gasteiger partial charge in [-0.05, 0) is 60.7 Å². The topological polar surface area (TPSA) is 216 Å². The molecule has 0 bridgehead atoms. The predicted octanol–water partition coefficient (Wildman–Crippen LogP) is 1.33. The number of carbonyl (C=O) groups excluding carboxylic acids is 1. The lowest BCUT2D eigenvalue weighted by Gasteiger charge is -2.11. The smallest absolute Gasteiger partial charge is 0.354 e. The first kappa shape index (κ1) is 26.4. The maximum atomic E-state index is 12.9. The summed E-state index contributed by atoms with van der Waals surface area (Å²) in [5, 5.41) is 16.8. The van der Waals surface area contributed by atoms with Crippen LogP contribution in [0.3, 0.4) is 0 Å². The van der Waals surface area contributed by atoms with Crippen molar-refractivity contribution in [2.24, 2.45) is 5.10 Å². The molecule has 2 aromatic carbocycles. The first-order valence-corrected chi connectivity index (χ1v) is 13.2. The Morgan fingerprint density at radius 2 is 1.39 bits per heavy atom. The van der Waals surface area contributed by atoms with Gasteiger partial charge in [0.2, 0.25) is 0 Å². The number of hydrogen-bond donors (Lipinski definition) is 4. The largest absolute Gasteiger partial charge is 0.477 e. The Bertz CT molecular complexity index is 1810. The van der Waals surface area contributed by atoms with Gasteiger partial charge in [-0.15, -0.1) is 0 Å². The van der Waals surface area contributed by atoms with Crippen molar-refractivity contribution < 1.29 is 40.6 Å². The minimum absolute atomic E-state index is 0.0636. The number of aromatic amines is 1. The Hall–Kier alpha value is -4.64. The third kappa shape index (κ3) is 5.23. The van der Waals surface area contributed by atoms with E-state index in [1.165, 1.54) is 42.6 Å². The van der Waals surface area contributed by atoms with Crippen molar-refractivity contribution in [3.8, 4) is 5.69 Å². The first-order valence-electron chi connectivity index (χ1n) is 10.3. The number of carboxylic acids is 1. The zero-order valence-electron chi connectivity index (χ0n) is 18.8. The molecule has 3 aromatic rings. The summed E-state index contributed by atoms with van der Waals surface area (Å²) in [6.45, 7) is 0. The molecule has 1 aromatic heterocycles. The van der Waals surface area contributed by atoms with Gasteiger partial charge in [0, 0.05) is 0 Å². The quantitative estimate of drug-likeness (QED) is 0.240. The summed E-state index contributed by atoms with van der Waals surface area (Å²) in [4.78, 5) is 36.4. The number of nitrogens with one attached hydrogen (secondary N) is 1. The maximum Gasteiger partial charge on any atom is 0.354 e. The van der Waals surface area contributed by atoms with Gasteiger partial charge in [-0.2, -0.15) is 26.9 Å². The second-order valence-corrected chi connectivity index (χ2v) is 10.5. The molecule has 0 radical (unpaired) electrons. The number of hydrogen-bond acceptors (Lipinski definition) is 8. The molecule has 38 heavy (non-hydrogen) atoms. The van der Waals surface area contributed by atoms with Gasteiger partial charge in [0.15, 0.2) is 5.69 Å². The van der Waals surface area contributed by atoms with Crippen LogP contribution in [-0.4, -0.2) is 58.9 Å². The van der Waals surface area contributed by atoms with Gasteiger partial charge in [-0.3, -0.25) is 23.8 Å². The van der Waals surface area contributed by atoms with E-state index in [-0.39, 0.29) is 27.4 Å². The third-order valence-electron chi connectivity index (χ3n) is 5.20. The van der Waals surface area contributed by atoms with Gasteiger partial charge in [0.25, 0.3) is 31.7 Å². The number of allylic oxidation sites excluding steroid dienone is 2. The molecule has 4 N–H and O–H groups in total. The van der Waals surface area contributed by atoms with E-state index >= 15 is 0 Å². The average molecular weight is 561 g/mol. The van der Waals surface area contributed by atoms with E-state index < -0.39 is 48.3 Å². The van der Waals surface area contributed by atoms with Crippen molar-refractivity contribution >= 4 is 50.1 Å². The number of H-pyrrole nitrogens is 1. The number of nitrogens with zero attached hydrogens (tertiary/aromatic N) is 3. The van der Waals surface area contributed by atoms with Gasteiger partial charge < -0.3 is 5.11 Å². The van der Waals surface area contributed by atoms with E-state index in [9.17, 15) is 36.3 Å². The van der Waals surface area contributed by atoms with Crippen LogP contribution in [0.4, 0.5) is 5.69 Å². The molecule has 1 amide bonds. The zero-order chi connectivity index (χ0) is 27.8. The number of anilines is 1. The molecule has 14 nitrogen and oxygen atoms in total. The van der Waals surface area contributed by atoms with Gasteiger partial charge in [-0.25, -0.2) is 9.48 Å². The van der Waals surface area contributed by atoms with E-state index in [2.05, 4.69) is 10.2 Å². The Balaban J connectivity index is 1.59. The number of aromatic carboxylic acids is 1. The van der Waals surface area contributed by atoms with Gasteiger partial charge >= 0.3 is 5.97 Å². The molecule has 2 heterocycles. The average Bonchev–Trinajstić information content (AvgIpc) is 3.38. The molecule has 1 aliphatic rings. The fourth-order valence-electron chi connectivity index (χ4n) is 3.37. The van der Waals surface area contributed by atoms with Crippen LogP contribution < -0.4 is 10.6 Å². The van der Waals surface area contributed by atoms with E-state index in [0.717, 1.165) is 40.0 Å². The molecule has 196 valence electrons. The van der Waals surface area contributed by atoms with Crippen molar-refractivity contribution in [1.82, 2.24) is 9.78 Å². The minimum atomic E-state index is -4.47. The minimum Gasteiger partial charge on any atom is -0.477 e. The van der Waals surface area contributed by atoms with Crippen LogP contribution in [0.5, 0.6) is 0 Å². The van der Waals surface area contributed by atoms with Crippen molar-refractivity contribution in [2.75, 3.05) is 5.01 Å². The molecule has 0 spiro atoms. The van der Waals surface area contributed by atoms with E-state index in [0.29, 0.717) is 0 Å². The van der Waals surface area contributed by atoms with Crippen LogP contribution in [0.1, 0.15) is 16.1 Å². The van der Waals surface area contributed by atoms with Crippen molar-refractivity contribution in [3.63, 3.8) is 0 Å². The van der Waals surface area contributed by atoms with Crippen LogP contribution in [0.2, 0.25) is 0 Å². The van der Waals surface area contributed by atoms with Gasteiger partial charge in [0.05, 0.1) is 38.5 Å². The van der Waals surface area contributed by atoms with E-state index in [1.807, 2.05) is 0 Å². The van der Waals surface area contributed by atoms with Crippen LogP contribution in [0.15, 0.2) is 85.9 Å². The van der Waals surface area contributed by atoms with Gasteiger partial charge in [0.1, 0.15) is 0 Å².